The van der Waals surface area contributed by atoms with Crippen molar-refractivity contribution in [1.29, 1.82) is 0 Å². The molecule has 6 N–H and O–H groups in total. The van der Waals surface area contributed by atoms with Crippen molar-refractivity contribution in [2.24, 2.45) is 0 Å². The predicted octanol–water partition coefficient (Wildman–Crippen LogP) is 26.2. The molecule has 0 saturated heterocycles. The highest BCUT2D eigenvalue weighted by Crippen LogP contribution is 2.35. The lowest BCUT2D eigenvalue weighted by Gasteiger charge is -2.18. The van der Waals surface area contributed by atoms with E-state index in [1.807, 2.05) is 217 Å². The molecule has 30 nitrogen and oxygen atoms in total. The van der Waals surface area contributed by atoms with Crippen molar-refractivity contribution >= 4 is 127 Å². The van der Waals surface area contributed by atoms with E-state index in [4.69, 9.17) is 40.0 Å². The largest absolute Gasteiger partial charge is 0.489 e. The number of rotatable bonds is 25. The highest BCUT2D eigenvalue weighted by molar-refractivity contribution is 14.1. The first-order valence-electron chi connectivity index (χ1n) is 42.7. The molecule has 0 saturated carbocycles. The number of ether oxygens (including phenoxy) is 12. The van der Waals surface area contributed by atoms with Crippen molar-refractivity contribution < 1.29 is 121 Å². The van der Waals surface area contributed by atoms with Gasteiger partial charge in [-0.1, -0.05) is 170 Å². The molecule has 12 rings (SSSR count). The Labute approximate surface area is 834 Å². The fourth-order valence-electron chi connectivity index (χ4n) is 13.4. The number of hydrogen-bond donors (Lipinski definition) is 6. The van der Waals surface area contributed by atoms with Crippen LogP contribution in [0.5, 0.6) is 34.5 Å². The molecule has 0 aliphatic carbocycles. The summed E-state index contributed by atoms with van der Waals surface area (Å²) < 4.78 is 77.2. The van der Waals surface area contributed by atoms with Crippen LogP contribution in [0.4, 0.5) is 67.3 Å². The number of amides is 6. The number of nitrogens with zero attached hydrogens (tertiary/aromatic N) is 6. The fourth-order valence-corrected chi connectivity index (χ4v) is 14.6. The van der Waals surface area contributed by atoms with Crippen molar-refractivity contribution in [2.45, 2.75) is 130 Å². The summed E-state index contributed by atoms with van der Waals surface area (Å²) in [6.07, 6.45) is -3.59. The Morgan fingerprint density at radius 1 is 0.302 bits per heavy atom. The molecule has 0 aliphatic rings. The molecule has 0 fully saturated rings. The van der Waals surface area contributed by atoms with Crippen LogP contribution in [-0.2, 0) is 68.1 Å². The van der Waals surface area contributed by atoms with Gasteiger partial charge >= 0.3 is 36.6 Å². The number of methoxy groups -OCH3 is 6. The van der Waals surface area contributed by atoms with E-state index < -0.39 is 42.4 Å². The van der Waals surface area contributed by atoms with Crippen molar-refractivity contribution in [3.8, 4) is 34.5 Å². The van der Waals surface area contributed by atoms with Gasteiger partial charge in [0.15, 0.2) is 0 Å². The topological polar surface area (TPSA) is 354 Å². The second-order valence-corrected chi connectivity index (χ2v) is 34.0. The second-order valence-electron chi connectivity index (χ2n) is 31.4. The van der Waals surface area contributed by atoms with E-state index in [-0.39, 0.29) is 51.0 Å². The Morgan fingerprint density at radius 2 is 0.525 bits per heavy atom. The maximum absolute atomic E-state index is 13.5. The van der Waals surface area contributed by atoms with Gasteiger partial charge < -0.3 is 56.8 Å². The van der Waals surface area contributed by atoms with Gasteiger partial charge in [-0.05, 0) is 279 Å². The molecular formula is C105H114BrClFIN6O24. The minimum absolute atomic E-state index is 0.00888. The Bertz CT molecular complexity index is 5560. The van der Waals surface area contributed by atoms with Crippen LogP contribution in [0.3, 0.4) is 0 Å². The molecule has 0 atom stereocenters. The molecule has 6 amide bonds. The first-order valence-corrected chi connectivity index (χ1v) is 44.9. The van der Waals surface area contributed by atoms with E-state index in [0.29, 0.717) is 97.3 Å². The molecule has 0 radical (unpaired) electrons. The fraction of sp³-hybridized carbons (Fsp3) is 0.238. The minimum atomic E-state index is -0.968. The van der Waals surface area contributed by atoms with Crippen LogP contribution in [0.15, 0.2) is 229 Å². The number of hydrogen-bond acceptors (Lipinski definition) is 24. The minimum Gasteiger partial charge on any atom is -0.489 e. The van der Waals surface area contributed by atoms with Gasteiger partial charge in [-0.15, -0.1) is 0 Å². The van der Waals surface area contributed by atoms with Gasteiger partial charge in [0.1, 0.15) is 80.0 Å². The standard InChI is InChI=1S/C19H21NO4.C18H21NO4.C17H18BrNO4.C17H18ClNO4.C17H18FNO4.C17H18INO4/c1-5-15-7-8-17(20(22)19(21)23-4)16(11-15)12-24-18-9-6-13(2)10-14(18)3;1-12-6-8-17(14(3)9-12)23-11-15-10-13(2)5-7-16(15)19(21)18(20)22-4;4*1-11-4-7-16(12(2)8-11)23-10-13-9-14(18)5-6-15(13)19(21)17(20)22-3/h5-11,22H,1,12H2,2-4H3;5-10,21H,11H2,1-4H3;4*4-9,21H,10H2,1-3H3. The third kappa shape index (κ3) is 33.7. The average molecular weight is 2110 g/mol. The maximum Gasteiger partial charge on any atom is 0.438 e. The van der Waals surface area contributed by atoms with Gasteiger partial charge in [0, 0.05) is 46.4 Å². The van der Waals surface area contributed by atoms with Gasteiger partial charge in [0.2, 0.25) is 0 Å². The first-order chi connectivity index (χ1) is 66.0. The summed E-state index contributed by atoms with van der Waals surface area (Å²) in [4.78, 5) is 69.1. The predicted molar refractivity (Wildman–Crippen MR) is 540 cm³/mol. The zero-order valence-electron chi connectivity index (χ0n) is 80.5. The quantitative estimate of drug-likeness (QED) is 0.0134. The van der Waals surface area contributed by atoms with Crippen LogP contribution in [-0.4, -0.2) is 110 Å². The lowest BCUT2D eigenvalue weighted by molar-refractivity contribution is 0.140. The summed E-state index contributed by atoms with van der Waals surface area (Å²) in [5, 5.41) is 62.7. The Balaban J connectivity index is 0.000000227. The highest BCUT2D eigenvalue weighted by atomic mass is 127. The Morgan fingerprint density at radius 3 is 0.813 bits per heavy atom. The number of hydroxylamine groups is 6. The molecule has 34 heteroatoms. The summed E-state index contributed by atoms with van der Waals surface area (Å²) in [5.74, 6) is 3.92. The van der Waals surface area contributed by atoms with Gasteiger partial charge in [-0.25, -0.2) is 33.2 Å². The number of carbonyl (C=O) groups is 6. The summed E-state index contributed by atoms with van der Waals surface area (Å²) in [6, 6.07) is 64.5. The lowest BCUT2D eigenvalue weighted by atomic mass is 10.1. The van der Waals surface area contributed by atoms with E-state index in [2.05, 4.69) is 73.5 Å². The summed E-state index contributed by atoms with van der Waals surface area (Å²) in [7, 11) is 7.16. The molecule has 0 bridgehead atoms. The monoisotopic (exact) mass is 2100 g/mol. The number of benzene rings is 12. The third-order valence-electron chi connectivity index (χ3n) is 20.5. The zero-order chi connectivity index (χ0) is 103. The Hall–Kier alpha value is -14.0. The molecule has 0 heterocycles. The zero-order valence-corrected chi connectivity index (χ0v) is 85.0. The molecule has 0 aromatic heterocycles. The SMILES string of the molecule is C=Cc1ccc(N(O)C(=O)OC)c(COc2ccc(C)cc2C)c1.COC(=O)N(O)c1ccc(Br)cc1COc1ccc(C)cc1C.COC(=O)N(O)c1ccc(C)cc1COc1ccc(C)cc1C.COC(=O)N(O)c1ccc(Cl)cc1COc1ccc(C)cc1C.COC(=O)N(O)c1ccc(F)cc1COc1ccc(C)cc1C.COC(=O)N(O)c1ccc(I)cc1COc1ccc(C)cc1C. The number of anilines is 6. The second kappa shape index (κ2) is 54.8. The van der Waals surface area contributed by atoms with Crippen molar-refractivity contribution in [1.82, 2.24) is 0 Å². The molecule has 12 aromatic rings. The van der Waals surface area contributed by atoms with Gasteiger partial charge in [-0.3, -0.25) is 31.2 Å². The van der Waals surface area contributed by atoms with Crippen molar-refractivity contribution in [3.63, 3.8) is 0 Å². The Kier molecular flexibility index (Phi) is 44.2. The highest BCUT2D eigenvalue weighted by Gasteiger charge is 2.26. The van der Waals surface area contributed by atoms with E-state index in [0.717, 1.165) is 122 Å². The maximum atomic E-state index is 13.5. The van der Waals surface area contributed by atoms with Crippen LogP contribution >= 0.6 is 50.1 Å². The van der Waals surface area contributed by atoms with Gasteiger partial charge in [0.05, 0.1) is 76.8 Å². The lowest BCUT2D eigenvalue weighted by Crippen LogP contribution is -2.28. The van der Waals surface area contributed by atoms with E-state index in [1.165, 1.54) is 59.3 Å². The first kappa shape index (κ1) is 112. The van der Waals surface area contributed by atoms with Crippen LogP contribution in [0.25, 0.3) is 6.08 Å². The van der Waals surface area contributed by atoms with E-state index in [1.54, 1.807) is 72.8 Å². The summed E-state index contributed by atoms with van der Waals surface area (Å²) in [5.41, 5.74) is 20.0. The number of carbonyl (C=O) groups excluding carboxylic acids is 6. The summed E-state index contributed by atoms with van der Waals surface area (Å²) >= 11 is 11.5. The van der Waals surface area contributed by atoms with Crippen LogP contribution in [0, 0.1) is 99.4 Å². The molecule has 0 aliphatic heterocycles. The molecular weight excluding hydrogens is 1990 g/mol. The van der Waals surface area contributed by atoms with Crippen molar-refractivity contribution in [2.75, 3.05) is 73.0 Å². The molecule has 736 valence electrons. The van der Waals surface area contributed by atoms with Crippen molar-refractivity contribution in [3.05, 3.63) is 355 Å². The van der Waals surface area contributed by atoms with Crippen LogP contribution < -0.4 is 58.8 Å². The van der Waals surface area contributed by atoms with Crippen LogP contribution in [0.1, 0.15) is 111 Å². The molecule has 12 aromatic carbocycles. The van der Waals surface area contributed by atoms with Crippen LogP contribution in [0.2, 0.25) is 5.02 Å². The van der Waals surface area contributed by atoms with Gasteiger partial charge in [0.25, 0.3) is 0 Å². The van der Waals surface area contributed by atoms with E-state index in [9.17, 15) is 64.4 Å². The molecule has 0 unspecified atom stereocenters. The number of halogens is 4. The van der Waals surface area contributed by atoms with E-state index >= 15 is 0 Å². The summed E-state index contributed by atoms with van der Waals surface area (Å²) in [6.45, 7) is 30.5. The normalized spacial score (nSPS) is 10.3. The number of aryl methyl sites for hydroxylation is 13. The molecule has 139 heavy (non-hydrogen) atoms. The smallest absolute Gasteiger partial charge is 0.438 e. The third-order valence-corrected chi connectivity index (χ3v) is 21.9. The molecule has 0 spiro atoms. The average Bonchev–Trinajstić information content (AvgIpc) is 0.851. The van der Waals surface area contributed by atoms with Gasteiger partial charge in [-0.2, -0.15) is 30.4 Å².